The number of anilines is 3. The summed E-state index contributed by atoms with van der Waals surface area (Å²) in [5.41, 5.74) is 9.26. The molecule has 0 saturated heterocycles. The van der Waals surface area contributed by atoms with E-state index in [-0.39, 0.29) is 5.82 Å². The minimum Gasteiger partial charge on any atom is -0.399 e. The van der Waals surface area contributed by atoms with Gasteiger partial charge < -0.3 is 11.1 Å². The van der Waals surface area contributed by atoms with Crippen molar-refractivity contribution in [2.75, 3.05) is 11.1 Å². The molecular formula is C19H15FN4S. The molecule has 2 aromatic heterocycles. The van der Waals surface area contributed by atoms with Crippen molar-refractivity contribution < 1.29 is 4.39 Å². The zero-order valence-corrected chi connectivity index (χ0v) is 14.3. The van der Waals surface area contributed by atoms with Crippen molar-refractivity contribution in [2.24, 2.45) is 0 Å². The molecule has 0 fully saturated rings. The van der Waals surface area contributed by atoms with Gasteiger partial charge in [0.25, 0.3) is 0 Å². The second-order valence-electron chi connectivity index (χ2n) is 5.70. The summed E-state index contributed by atoms with van der Waals surface area (Å²) in [4.78, 5) is 10.00. The van der Waals surface area contributed by atoms with Gasteiger partial charge in [0, 0.05) is 22.3 Å². The molecule has 0 saturated carbocycles. The Bertz CT molecular complexity index is 1040. The van der Waals surface area contributed by atoms with Crippen LogP contribution in [-0.4, -0.2) is 9.97 Å². The molecule has 3 N–H and O–H groups in total. The van der Waals surface area contributed by atoms with Crippen LogP contribution in [0.2, 0.25) is 0 Å². The highest BCUT2D eigenvalue weighted by Crippen LogP contribution is 2.38. The first-order chi connectivity index (χ1) is 12.1. The quantitative estimate of drug-likeness (QED) is 0.503. The van der Waals surface area contributed by atoms with Crippen LogP contribution in [0, 0.1) is 12.7 Å². The summed E-state index contributed by atoms with van der Waals surface area (Å²) in [6.07, 6.45) is 0. The molecule has 0 aliphatic rings. The Kier molecular flexibility index (Phi) is 3.82. The Labute approximate surface area is 148 Å². The van der Waals surface area contributed by atoms with Crippen molar-refractivity contribution in [1.82, 2.24) is 9.97 Å². The van der Waals surface area contributed by atoms with E-state index in [1.807, 2.05) is 36.6 Å². The molecule has 0 atom stereocenters. The van der Waals surface area contributed by atoms with Crippen molar-refractivity contribution in [3.05, 3.63) is 65.6 Å². The monoisotopic (exact) mass is 350 g/mol. The summed E-state index contributed by atoms with van der Waals surface area (Å²) in [7, 11) is 0. The molecule has 6 heteroatoms. The maximum absolute atomic E-state index is 13.2. The Hall–Kier alpha value is -2.99. The summed E-state index contributed by atoms with van der Waals surface area (Å²) in [5.74, 6) is 1.17. The number of nitrogens with zero attached hydrogens (tertiary/aromatic N) is 2. The topological polar surface area (TPSA) is 63.8 Å². The van der Waals surface area contributed by atoms with Gasteiger partial charge in [0.2, 0.25) is 0 Å². The third kappa shape index (κ3) is 3.04. The van der Waals surface area contributed by atoms with Crippen molar-refractivity contribution in [3.63, 3.8) is 0 Å². The van der Waals surface area contributed by atoms with E-state index in [0.29, 0.717) is 11.5 Å². The van der Waals surface area contributed by atoms with E-state index in [1.165, 1.54) is 12.1 Å². The van der Waals surface area contributed by atoms with Crippen LogP contribution in [0.1, 0.15) is 5.82 Å². The molecule has 0 amide bonds. The average molecular weight is 350 g/mol. The molecule has 0 unspecified atom stereocenters. The third-order valence-electron chi connectivity index (χ3n) is 3.87. The molecule has 2 aromatic carbocycles. The normalized spacial score (nSPS) is 11.0. The number of nitrogens with one attached hydrogen (secondary N) is 1. The number of aromatic nitrogens is 2. The van der Waals surface area contributed by atoms with Crippen molar-refractivity contribution in [3.8, 4) is 11.1 Å². The highest BCUT2D eigenvalue weighted by Gasteiger charge is 2.14. The Balaban J connectivity index is 1.86. The third-order valence-corrected chi connectivity index (χ3v) is 4.75. The van der Waals surface area contributed by atoms with Crippen LogP contribution in [0.15, 0.2) is 53.9 Å². The van der Waals surface area contributed by atoms with Gasteiger partial charge in [0.15, 0.2) is 0 Å². The number of aryl methyl sites for hydroxylation is 1. The zero-order chi connectivity index (χ0) is 17.4. The molecule has 4 rings (SSSR count). The smallest absolute Gasteiger partial charge is 0.143 e. The van der Waals surface area contributed by atoms with Crippen molar-refractivity contribution in [1.29, 1.82) is 0 Å². The van der Waals surface area contributed by atoms with Gasteiger partial charge in [-0.2, -0.15) is 0 Å². The van der Waals surface area contributed by atoms with Crippen LogP contribution >= 0.6 is 11.3 Å². The first-order valence-electron chi connectivity index (χ1n) is 7.74. The number of fused-ring (bicyclic) bond motifs is 1. The maximum atomic E-state index is 13.2. The summed E-state index contributed by atoms with van der Waals surface area (Å²) >= 11 is 1.55. The van der Waals surface area contributed by atoms with Gasteiger partial charge in [0.1, 0.15) is 22.3 Å². The fraction of sp³-hybridized carbons (Fsp3) is 0.0526. The molecule has 0 aliphatic heterocycles. The number of benzene rings is 2. The van der Waals surface area contributed by atoms with E-state index in [1.54, 1.807) is 23.5 Å². The number of thiophene rings is 1. The Morgan fingerprint density at radius 1 is 1.00 bits per heavy atom. The number of nitrogen functional groups attached to an aromatic ring is 1. The summed E-state index contributed by atoms with van der Waals surface area (Å²) in [6, 6.07) is 13.9. The molecule has 0 aliphatic carbocycles. The fourth-order valence-electron chi connectivity index (χ4n) is 2.68. The first kappa shape index (κ1) is 15.5. The lowest BCUT2D eigenvalue weighted by Crippen LogP contribution is -1.98. The van der Waals surface area contributed by atoms with E-state index in [9.17, 15) is 4.39 Å². The lowest BCUT2D eigenvalue weighted by atomic mass is 10.1. The van der Waals surface area contributed by atoms with Gasteiger partial charge >= 0.3 is 0 Å². The largest absolute Gasteiger partial charge is 0.399 e. The van der Waals surface area contributed by atoms with E-state index in [2.05, 4.69) is 15.3 Å². The number of halogens is 1. The average Bonchev–Trinajstić information content (AvgIpc) is 3.01. The summed E-state index contributed by atoms with van der Waals surface area (Å²) in [5, 5.41) is 6.31. The maximum Gasteiger partial charge on any atom is 0.143 e. The molecular weight excluding hydrogens is 335 g/mol. The van der Waals surface area contributed by atoms with Gasteiger partial charge in [-0.3, -0.25) is 0 Å². The van der Waals surface area contributed by atoms with E-state index < -0.39 is 0 Å². The van der Waals surface area contributed by atoms with Gasteiger partial charge in [0.05, 0.1) is 5.39 Å². The lowest BCUT2D eigenvalue weighted by molar-refractivity contribution is 0.628. The molecule has 124 valence electrons. The molecule has 0 bridgehead atoms. The molecule has 25 heavy (non-hydrogen) atoms. The van der Waals surface area contributed by atoms with Gasteiger partial charge in [-0.15, -0.1) is 11.3 Å². The van der Waals surface area contributed by atoms with Crippen LogP contribution in [0.4, 0.5) is 21.6 Å². The van der Waals surface area contributed by atoms with Gasteiger partial charge in [-0.1, -0.05) is 12.1 Å². The summed E-state index contributed by atoms with van der Waals surface area (Å²) in [6.45, 7) is 1.87. The predicted octanol–water partition coefficient (Wildman–Crippen LogP) is 5.13. The Morgan fingerprint density at radius 2 is 1.72 bits per heavy atom. The summed E-state index contributed by atoms with van der Waals surface area (Å²) < 4.78 is 13.2. The van der Waals surface area contributed by atoms with Gasteiger partial charge in [-0.25, -0.2) is 14.4 Å². The standard InChI is InChI=1S/C19H15FN4S/c1-11-22-18(24-15-8-6-14(21)7-9-15)17-16(10-25-19(17)23-11)12-2-4-13(20)5-3-12/h2-10H,21H2,1H3,(H,22,23,24). The van der Waals surface area contributed by atoms with Crippen LogP contribution in [-0.2, 0) is 0 Å². The predicted molar refractivity (Wildman–Crippen MR) is 102 cm³/mol. The van der Waals surface area contributed by atoms with Crippen LogP contribution < -0.4 is 11.1 Å². The first-order valence-corrected chi connectivity index (χ1v) is 8.62. The molecule has 4 aromatic rings. The van der Waals surface area contributed by atoms with Crippen molar-refractivity contribution >= 4 is 38.7 Å². The molecule has 0 radical (unpaired) electrons. The fourth-order valence-corrected chi connectivity index (χ4v) is 3.68. The SMILES string of the molecule is Cc1nc(Nc2ccc(N)cc2)c2c(-c3ccc(F)cc3)csc2n1. The molecule has 0 spiro atoms. The molecule has 2 heterocycles. The lowest BCUT2D eigenvalue weighted by Gasteiger charge is -2.10. The van der Waals surface area contributed by atoms with E-state index >= 15 is 0 Å². The zero-order valence-electron chi connectivity index (χ0n) is 13.5. The Morgan fingerprint density at radius 3 is 2.44 bits per heavy atom. The highest BCUT2D eigenvalue weighted by atomic mass is 32.1. The van der Waals surface area contributed by atoms with E-state index in [4.69, 9.17) is 5.73 Å². The van der Waals surface area contributed by atoms with Gasteiger partial charge in [-0.05, 0) is 48.9 Å². The van der Waals surface area contributed by atoms with Crippen LogP contribution in [0.5, 0.6) is 0 Å². The number of rotatable bonds is 3. The number of hydrogen-bond acceptors (Lipinski definition) is 5. The second kappa shape index (κ2) is 6.14. The van der Waals surface area contributed by atoms with Crippen LogP contribution in [0.3, 0.4) is 0 Å². The number of hydrogen-bond donors (Lipinski definition) is 2. The molecule has 4 nitrogen and oxygen atoms in total. The minimum absolute atomic E-state index is 0.254. The van der Waals surface area contributed by atoms with Crippen molar-refractivity contribution in [2.45, 2.75) is 6.92 Å². The van der Waals surface area contributed by atoms with Crippen LogP contribution in [0.25, 0.3) is 21.3 Å². The number of nitrogens with two attached hydrogens (primary N) is 1. The minimum atomic E-state index is -0.254. The highest BCUT2D eigenvalue weighted by molar-refractivity contribution is 7.17. The van der Waals surface area contributed by atoms with E-state index in [0.717, 1.165) is 32.8 Å². The second-order valence-corrected chi connectivity index (χ2v) is 6.56.